The summed E-state index contributed by atoms with van der Waals surface area (Å²) in [5, 5.41) is 4.45. The van der Waals surface area contributed by atoms with Crippen molar-refractivity contribution in [1.82, 2.24) is 19.1 Å². The Morgan fingerprint density at radius 3 is 1.22 bits per heavy atom. The molecule has 7 aromatic carbocycles. The van der Waals surface area contributed by atoms with E-state index in [2.05, 4.69) is 204 Å². The molecule has 11 aromatic rings. The van der Waals surface area contributed by atoms with Gasteiger partial charge in [-0.3, -0.25) is 9.97 Å². The van der Waals surface area contributed by atoms with Gasteiger partial charge < -0.3 is 9.13 Å². The minimum absolute atomic E-state index is 0.867. The van der Waals surface area contributed by atoms with E-state index in [1.54, 1.807) is 0 Å². The lowest BCUT2D eigenvalue weighted by Gasteiger charge is -2.15. The fraction of sp³-hybridized carbons (Fsp3) is 0. The van der Waals surface area contributed by atoms with Gasteiger partial charge in [-0.05, 0) is 75.8 Å². The van der Waals surface area contributed by atoms with Crippen molar-refractivity contribution in [3.05, 3.63) is 194 Å². The summed E-state index contributed by atoms with van der Waals surface area (Å²) in [5.41, 5.74) is 15.2. The molecule has 0 spiro atoms. The van der Waals surface area contributed by atoms with Crippen LogP contribution in [0.25, 0.3) is 99.4 Å². The van der Waals surface area contributed by atoms with Gasteiger partial charge in [0, 0.05) is 45.3 Å². The van der Waals surface area contributed by atoms with Gasteiger partial charge in [-0.25, -0.2) is 0 Å². The predicted molar refractivity (Wildman–Crippen MR) is 225 cm³/mol. The van der Waals surface area contributed by atoms with E-state index in [1.807, 2.05) is 0 Å². The Bertz CT molecular complexity index is 3140. The fourth-order valence-corrected chi connectivity index (χ4v) is 8.31. The lowest BCUT2D eigenvalue weighted by atomic mass is 9.98. The molecule has 0 N–H and O–H groups in total. The Kier molecular flexibility index (Phi) is 6.82. The van der Waals surface area contributed by atoms with Crippen LogP contribution in [0, 0.1) is 0 Å². The monoisotopic (exact) mass is 688 g/mol. The molecule has 252 valence electrons. The molecule has 0 aliphatic rings. The molecule has 4 nitrogen and oxygen atoms in total. The maximum atomic E-state index is 5.31. The van der Waals surface area contributed by atoms with Gasteiger partial charge in [-0.15, -0.1) is 0 Å². The van der Waals surface area contributed by atoms with Crippen LogP contribution in [0.5, 0.6) is 0 Å². The molecule has 0 saturated carbocycles. The highest BCUT2D eigenvalue weighted by molar-refractivity contribution is 6.23. The number of aromatic nitrogens is 4. The number of fused-ring (bicyclic) bond motifs is 9. The van der Waals surface area contributed by atoms with Crippen LogP contribution in [0.2, 0.25) is 0 Å². The molecule has 0 fully saturated rings. The molecule has 0 amide bonds. The standard InChI is InChI=1S/C50H32N4/c1-4-15-33(16-5-1)36-21-14-22-39(28-36)53-45-25-12-10-23-41(45)43-31-52-48-47(49(43)53)51-32-44-42-24-11-13-26-46(42)54(50(44)48)40-29-37(34-17-6-2-7-18-34)27-38(30-40)35-19-8-3-9-20-35/h1-32H. The summed E-state index contributed by atoms with van der Waals surface area (Å²) >= 11 is 0. The predicted octanol–water partition coefficient (Wildman–Crippen LogP) is 12.8. The summed E-state index contributed by atoms with van der Waals surface area (Å²) in [6.45, 7) is 0. The Labute approximate surface area is 311 Å². The summed E-state index contributed by atoms with van der Waals surface area (Å²) < 4.78 is 4.77. The topological polar surface area (TPSA) is 35.6 Å². The van der Waals surface area contributed by atoms with Gasteiger partial charge in [0.15, 0.2) is 0 Å². The van der Waals surface area contributed by atoms with Crippen LogP contribution in [0.15, 0.2) is 194 Å². The van der Waals surface area contributed by atoms with Crippen molar-refractivity contribution in [2.75, 3.05) is 0 Å². The molecular weight excluding hydrogens is 657 g/mol. The Morgan fingerprint density at radius 2 is 0.704 bits per heavy atom. The molecule has 0 radical (unpaired) electrons. The maximum absolute atomic E-state index is 5.31. The van der Waals surface area contributed by atoms with E-state index in [-0.39, 0.29) is 0 Å². The fourth-order valence-electron chi connectivity index (χ4n) is 8.31. The van der Waals surface area contributed by atoms with E-state index in [9.17, 15) is 0 Å². The van der Waals surface area contributed by atoms with Crippen LogP contribution in [0.4, 0.5) is 0 Å². The molecule has 0 saturated heterocycles. The minimum atomic E-state index is 0.867. The highest BCUT2D eigenvalue weighted by Gasteiger charge is 2.22. The van der Waals surface area contributed by atoms with Gasteiger partial charge >= 0.3 is 0 Å². The molecule has 4 heteroatoms. The third kappa shape index (κ3) is 4.70. The average Bonchev–Trinajstić information content (AvgIpc) is 3.78. The molecule has 0 atom stereocenters. The molecule has 0 aliphatic heterocycles. The van der Waals surface area contributed by atoms with Crippen LogP contribution in [0.3, 0.4) is 0 Å². The first kappa shape index (κ1) is 30.3. The van der Waals surface area contributed by atoms with Crippen molar-refractivity contribution in [1.29, 1.82) is 0 Å². The second kappa shape index (κ2) is 12.1. The lowest BCUT2D eigenvalue weighted by Crippen LogP contribution is -1.99. The molecule has 54 heavy (non-hydrogen) atoms. The molecule has 0 aliphatic carbocycles. The zero-order chi connectivity index (χ0) is 35.6. The quantitative estimate of drug-likeness (QED) is 0.180. The van der Waals surface area contributed by atoms with E-state index >= 15 is 0 Å². The van der Waals surface area contributed by atoms with Crippen LogP contribution < -0.4 is 0 Å². The zero-order valence-corrected chi connectivity index (χ0v) is 29.3. The van der Waals surface area contributed by atoms with Crippen molar-refractivity contribution in [2.45, 2.75) is 0 Å². The Hall–Kier alpha value is -7.30. The van der Waals surface area contributed by atoms with Crippen molar-refractivity contribution in [2.24, 2.45) is 0 Å². The largest absolute Gasteiger partial charge is 0.307 e. The van der Waals surface area contributed by atoms with Crippen LogP contribution in [-0.4, -0.2) is 19.1 Å². The number of benzene rings is 7. The molecule has 0 bridgehead atoms. The summed E-state index contributed by atoms with van der Waals surface area (Å²) in [7, 11) is 0. The minimum Gasteiger partial charge on any atom is -0.307 e. The number of hydrogen-bond donors (Lipinski definition) is 0. The molecule has 11 rings (SSSR count). The first-order chi connectivity index (χ1) is 26.8. The smallest absolute Gasteiger partial charge is 0.115 e. The molecule has 4 aromatic heterocycles. The van der Waals surface area contributed by atoms with Crippen molar-refractivity contribution in [3.63, 3.8) is 0 Å². The number of pyridine rings is 2. The SMILES string of the molecule is c1ccc(-c2cccc(-n3c4ccccc4c4cnc5c(ncc6c7ccccc7n(-c7cc(-c8ccccc8)cc(-c8ccccc8)c7)c65)c43)c2)cc1. The average molecular weight is 689 g/mol. The number of nitrogens with zero attached hydrogens (tertiary/aromatic N) is 4. The lowest BCUT2D eigenvalue weighted by molar-refractivity contribution is 1.17. The summed E-state index contributed by atoms with van der Waals surface area (Å²) in [4.78, 5) is 10.6. The maximum Gasteiger partial charge on any atom is 0.115 e. The van der Waals surface area contributed by atoms with E-state index in [0.29, 0.717) is 0 Å². The van der Waals surface area contributed by atoms with E-state index < -0.39 is 0 Å². The zero-order valence-electron chi connectivity index (χ0n) is 29.3. The number of para-hydroxylation sites is 2. The van der Waals surface area contributed by atoms with Gasteiger partial charge in [0.1, 0.15) is 11.0 Å². The van der Waals surface area contributed by atoms with Gasteiger partial charge in [0.25, 0.3) is 0 Å². The summed E-state index contributed by atoms with van der Waals surface area (Å²) in [6, 6.07) is 64.8. The van der Waals surface area contributed by atoms with Gasteiger partial charge in [0.2, 0.25) is 0 Å². The first-order valence-electron chi connectivity index (χ1n) is 18.3. The van der Waals surface area contributed by atoms with E-state index in [0.717, 1.165) is 77.1 Å². The Morgan fingerprint density at radius 1 is 0.296 bits per heavy atom. The highest BCUT2D eigenvalue weighted by atomic mass is 15.0. The molecule has 0 unspecified atom stereocenters. The van der Waals surface area contributed by atoms with E-state index in [4.69, 9.17) is 9.97 Å². The second-order valence-corrected chi connectivity index (χ2v) is 13.9. The highest BCUT2D eigenvalue weighted by Crippen LogP contribution is 2.41. The number of rotatable bonds is 5. The van der Waals surface area contributed by atoms with Crippen molar-refractivity contribution >= 4 is 54.6 Å². The number of hydrogen-bond acceptors (Lipinski definition) is 2. The second-order valence-electron chi connectivity index (χ2n) is 13.9. The molecular formula is C50H32N4. The summed E-state index contributed by atoms with van der Waals surface area (Å²) in [5.74, 6) is 0. The Balaban J connectivity index is 1.25. The van der Waals surface area contributed by atoms with Crippen LogP contribution in [-0.2, 0) is 0 Å². The third-order valence-corrected chi connectivity index (χ3v) is 10.7. The van der Waals surface area contributed by atoms with Gasteiger partial charge in [-0.2, -0.15) is 0 Å². The van der Waals surface area contributed by atoms with Gasteiger partial charge in [-0.1, -0.05) is 140 Å². The van der Waals surface area contributed by atoms with Crippen molar-refractivity contribution < 1.29 is 0 Å². The van der Waals surface area contributed by atoms with Crippen molar-refractivity contribution in [3.8, 4) is 44.8 Å². The van der Waals surface area contributed by atoms with E-state index in [1.165, 1.54) is 22.3 Å². The van der Waals surface area contributed by atoms with Crippen LogP contribution >= 0.6 is 0 Å². The van der Waals surface area contributed by atoms with Gasteiger partial charge in [0.05, 0.1) is 22.1 Å². The third-order valence-electron chi connectivity index (χ3n) is 10.7. The molecule has 4 heterocycles. The normalized spacial score (nSPS) is 11.7. The first-order valence-corrected chi connectivity index (χ1v) is 18.3. The van der Waals surface area contributed by atoms with Crippen LogP contribution in [0.1, 0.15) is 0 Å². The summed E-state index contributed by atoms with van der Waals surface area (Å²) in [6.07, 6.45) is 4.11.